The van der Waals surface area contributed by atoms with Crippen LogP contribution in [-0.4, -0.2) is 86.8 Å². The second-order valence-electron chi connectivity index (χ2n) is 9.84. The fraction of sp³-hybridized carbons (Fsp3) is 0.586. The van der Waals surface area contributed by atoms with Crippen LogP contribution in [0.5, 0.6) is 5.88 Å². The topological polar surface area (TPSA) is 173 Å². The Kier molecular flexibility index (Phi) is 14.3. The van der Waals surface area contributed by atoms with E-state index in [1.807, 2.05) is 6.07 Å². The Morgan fingerprint density at radius 1 is 1.21 bits per heavy atom. The van der Waals surface area contributed by atoms with Crippen molar-refractivity contribution in [3.63, 3.8) is 0 Å². The number of anilines is 1. The van der Waals surface area contributed by atoms with Crippen molar-refractivity contribution in [1.29, 1.82) is 0 Å². The van der Waals surface area contributed by atoms with Gasteiger partial charge in [-0.25, -0.2) is 14.8 Å². The van der Waals surface area contributed by atoms with Crippen LogP contribution in [0.4, 0.5) is 10.6 Å². The lowest BCUT2D eigenvalue weighted by atomic mass is 10.0. The molecule has 1 atom stereocenters. The normalized spacial score (nSPS) is 12.8. The summed E-state index contributed by atoms with van der Waals surface area (Å²) in [7, 11) is 2.97. The van der Waals surface area contributed by atoms with Crippen molar-refractivity contribution in [2.75, 3.05) is 58.9 Å². The molecule has 0 aliphatic carbocycles. The number of carbonyl (C=O) groups is 2. The lowest BCUT2D eigenvalue weighted by Gasteiger charge is -2.33. The van der Waals surface area contributed by atoms with Gasteiger partial charge in [-0.2, -0.15) is 0 Å². The second kappa shape index (κ2) is 18.4. The number of urea groups is 1. The molecular formula is C29H42N8O6. The molecule has 1 aliphatic heterocycles. The molecule has 0 saturated carbocycles. The minimum atomic E-state index is -0.728. The van der Waals surface area contributed by atoms with Crippen molar-refractivity contribution < 1.29 is 28.5 Å². The number of esters is 1. The molecule has 0 unspecified atom stereocenters. The molecule has 14 nitrogen and oxygen atoms in total. The van der Waals surface area contributed by atoms with E-state index < -0.39 is 18.3 Å². The van der Waals surface area contributed by atoms with E-state index in [2.05, 4.69) is 31.7 Å². The number of fused-ring (bicyclic) bond motifs is 1. The molecule has 1 aliphatic rings. The van der Waals surface area contributed by atoms with Gasteiger partial charge in [0, 0.05) is 56.7 Å². The Labute approximate surface area is 252 Å². The van der Waals surface area contributed by atoms with Crippen LogP contribution in [-0.2, 0) is 31.8 Å². The van der Waals surface area contributed by atoms with E-state index in [-0.39, 0.29) is 25.6 Å². The first-order valence-corrected chi connectivity index (χ1v) is 14.6. The van der Waals surface area contributed by atoms with Gasteiger partial charge in [-0.3, -0.25) is 4.79 Å². The Morgan fingerprint density at radius 2 is 2.05 bits per heavy atom. The number of aromatic nitrogens is 2. The van der Waals surface area contributed by atoms with Crippen molar-refractivity contribution >= 4 is 17.8 Å². The van der Waals surface area contributed by atoms with Gasteiger partial charge in [-0.05, 0) is 61.8 Å². The maximum atomic E-state index is 13.6. The molecule has 2 aromatic heterocycles. The Hall–Kier alpha value is -4.13. The molecule has 14 heteroatoms. The van der Waals surface area contributed by atoms with E-state index in [0.717, 1.165) is 30.9 Å². The minimum Gasteiger partial charge on any atom is -0.478 e. The van der Waals surface area contributed by atoms with E-state index in [4.69, 9.17) is 29.5 Å². The molecule has 0 spiro atoms. The largest absolute Gasteiger partial charge is 0.478 e. The van der Waals surface area contributed by atoms with Crippen LogP contribution >= 0.6 is 0 Å². The van der Waals surface area contributed by atoms with Crippen LogP contribution in [0.25, 0.3) is 10.4 Å². The number of methoxy groups -OCH3 is 2. The van der Waals surface area contributed by atoms with E-state index >= 15 is 0 Å². The highest BCUT2D eigenvalue weighted by Crippen LogP contribution is 2.27. The van der Waals surface area contributed by atoms with Crippen LogP contribution in [0.1, 0.15) is 55.5 Å². The summed E-state index contributed by atoms with van der Waals surface area (Å²) in [5, 5.41) is 9.81. The zero-order valence-electron chi connectivity index (χ0n) is 25.2. The molecule has 3 rings (SSSR count). The van der Waals surface area contributed by atoms with Crippen LogP contribution in [0, 0.1) is 0 Å². The molecule has 0 fully saturated rings. The van der Waals surface area contributed by atoms with Gasteiger partial charge in [0.15, 0.2) is 6.29 Å². The third-order valence-corrected chi connectivity index (χ3v) is 6.87. The quantitative estimate of drug-likeness (QED) is 0.0637. The highest BCUT2D eigenvalue weighted by atomic mass is 16.7. The van der Waals surface area contributed by atoms with Crippen LogP contribution in [0.15, 0.2) is 35.6 Å². The molecule has 2 amide bonds. The lowest BCUT2D eigenvalue weighted by molar-refractivity contribution is -0.145. The lowest BCUT2D eigenvalue weighted by Crippen LogP contribution is -2.47. The van der Waals surface area contributed by atoms with Crippen LogP contribution in [0.3, 0.4) is 0 Å². The monoisotopic (exact) mass is 598 g/mol. The van der Waals surface area contributed by atoms with E-state index in [1.165, 1.54) is 24.7 Å². The standard InChI is InChI=1S/C29H42N8O6/c1-4-42-26(38)18-24(22-11-13-25(33-19-22)43-17-7-16-34-36-30)37(20-27(40-2)41-3)29(39)32-15-6-9-23-12-10-21-8-5-14-31-28(21)35-23/h10-13,19,24,27H,4-9,14-18,20H2,1-3H3,(H,31,35)(H,32,39)/t24-/m0/s1. The number of hydrogen-bond acceptors (Lipinski definition) is 10. The van der Waals surface area contributed by atoms with Gasteiger partial charge in [0.25, 0.3) is 0 Å². The Morgan fingerprint density at radius 3 is 2.77 bits per heavy atom. The molecule has 3 heterocycles. The fourth-order valence-corrected chi connectivity index (χ4v) is 4.65. The van der Waals surface area contributed by atoms with Crippen molar-refractivity contribution in [3.05, 3.63) is 57.7 Å². The van der Waals surface area contributed by atoms with E-state index in [9.17, 15) is 9.59 Å². The van der Waals surface area contributed by atoms with Gasteiger partial charge in [0.2, 0.25) is 5.88 Å². The number of aryl methyl sites for hydroxylation is 2. The number of nitrogens with one attached hydrogen (secondary N) is 2. The van der Waals surface area contributed by atoms with Crippen LogP contribution < -0.4 is 15.4 Å². The van der Waals surface area contributed by atoms with Crippen LogP contribution in [0.2, 0.25) is 0 Å². The number of hydrogen-bond donors (Lipinski definition) is 2. The average molecular weight is 599 g/mol. The average Bonchev–Trinajstić information content (AvgIpc) is 3.03. The number of rotatable bonds is 18. The first-order valence-electron chi connectivity index (χ1n) is 14.6. The summed E-state index contributed by atoms with van der Waals surface area (Å²) in [6.07, 6.45) is 4.81. The predicted octanol–water partition coefficient (Wildman–Crippen LogP) is 4.17. The molecule has 0 radical (unpaired) electrons. The zero-order chi connectivity index (χ0) is 30.9. The smallest absolute Gasteiger partial charge is 0.318 e. The maximum absolute atomic E-state index is 13.6. The van der Waals surface area contributed by atoms with Gasteiger partial charge in [0.1, 0.15) is 5.82 Å². The summed E-state index contributed by atoms with van der Waals surface area (Å²) in [6, 6.07) is 6.48. The Balaban J connectivity index is 1.71. The number of amides is 2. The third-order valence-electron chi connectivity index (χ3n) is 6.87. The highest BCUT2D eigenvalue weighted by Gasteiger charge is 2.31. The minimum absolute atomic E-state index is 0.0542. The molecule has 0 saturated heterocycles. The van der Waals surface area contributed by atoms with Gasteiger partial charge in [-0.15, -0.1) is 0 Å². The third kappa shape index (κ3) is 10.9. The highest BCUT2D eigenvalue weighted by molar-refractivity contribution is 5.77. The molecule has 0 bridgehead atoms. The molecular weight excluding hydrogens is 556 g/mol. The number of carbonyl (C=O) groups excluding carboxylic acids is 2. The summed E-state index contributed by atoms with van der Waals surface area (Å²) < 4.78 is 21.6. The summed E-state index contributed by atoms with van der Waals surface area (Å²) in [4.78, 5) is 39.6. The number of ether oxygens (including phenoxy) is 4. The molecule has 0 aromatic carbocycles. The molecule has 234 valence electrons. The Bertz CT molecular complexity index is 1200. The predicted molar refractivity (Wildman–Crippen MR) is 160 cm³/mol. The number of nitrogens with zero attached hydrogens (tertiary/aromatic N) is 6. The molecule has 2 aromatic rings. The van der Waals surface area contributed by atoms with E-state index in [1.54, 1.807) is 25.3 Å². The van der Waals surface area contributed by atoms with Gasteiger partial charge in [0.05, 0.1) is 32.2 Å². The van der Waals surface area contributed by atoms with Crippen molar-refractivity contribution in [3.8, 4) is 5.88 Å². The second-order valence-corrected chi connectivity index (χ2v) is 9.84. The summed E-state index contributed by atoms with van der Waals surface area (Å²) in [5.41, 5.74) is 11.2. The van der Waals surface area contributed by atoms with Gasteiger partial charge in [-0.1, -0.05) is 17.2 Å². The SMILES string of the molecule is CCOC(=O)C[C@@H](c1ccc(OCCCN=[N+]=[N-])nc1)N(CC(OC)OC)C(=O)NCCCc1ccc2c(n1)NCCC2. The first kappa shape index (κ1) is 33.4. The van der Waals surface area contributed by atoms with Crippen molar-refractivity contribution in [2.24, 2.45) is 5.11 Å². The fourth-order valence-electron chi connectivity index (χ4n) is 4.65. The zero-order valence-corrected chi connectivity index (χ0v) is 25.2. The number of azide groups is 1. The van der Waals surface area contributed by atoms with Crippen molar-refractivity contribution in [2.45, 2.75) is 57.8 Å². The van der Waals surface area contributed by atoms with Crippen molar-refractivity contribution in [1.82, 2.24) is 20.2 Å². The summed E-state index contributed by atoms with van der Waals surface area (Å²) >= 11 is 0. The number of pyridine rings is 2. The summed E-state index contributed by atoms with van der Waals surface area (Å²) in [6.45, 7) is 3.97. The first-order chi connectivity index (χ1) is 21.0. The van der Waals surface area contributed by atoms with Gasteiger partial charge < -0.3 is 34.5 Å². The molecule has 43 heavy (non-hydrogen) atoms. The molecule has 2 N–H and O–H groups in total. The summed E-state index contributed by atoms with van der Waals surface area (Å²) in [5.74, 6) is 0.861. The maximum Gasteiger partial charge on any atom is 0.318 e. The van der Waals surface area contributed by atoms with E-state index in [0.29, 0.717) is 50.4 Å². The van der Waals surface area contributed by atoms with Gasteiger partial charge >= 0.3 is 12.0 Å².